The summed E-state index contributed by atoms with van der Waals surface area (Å²) in [6, 6.07) is -3.00. The van der Waals surface area contributed by atoms with Crippen LogP contribution in [0, 0.1) is 5.92 Å². The number of hydrogen-bond acceptors (Lipinski definition) is 22. The van der Waals surface area contributed by atoms with E-state index in [1.807, 2.05) is 0 Å². The largest absolute Gasteiger partial charge is 0.427 e. The first-order valence-corrected chi connectivity index (χ1v) is 34.5. The van der Waals surface area contributed by atoms with Crippen molar-refractivity contribution in [1.29, 1.82) is 0 Å². The zero-order valence-electron chi connectivity index (χ0n) is 40.4. The van der Waals surface area contributed by atoms with Crippen LogP contribution in [-0.2, 0) is 112 Å². The molecule has 0 heterocycles. The van der Waals surface area contributed by atoms with Crippen molar-refractivity contribution in [3.8, 4) is 0 Å². The lowest BCUT2D eigenvalue weighted by atomic mass is 10.2. The highest BCUT2D eigenvalue weighted by molar-refractivity contribution is 7.89. The summed E-state index contributed by atoms with van der Waals surface area (Å²) < 4.78 is 539. The molecule has 0 unspecified atom stereocenters. The Morgan fingerprint density at radius 3 is 0.830 bits per heavy atom. The molecule has 0 aliphatic heterocycles. The molecule has 528 valence electrons. The Morgan fingerprint density at radius 2 is 0.636 bits per heavy atom. The Bertz CT molecular complexity index is 3480. The van der Waals surface area contributed by atoms with E-state index in [4.69, 9.17) is 0 Å². The van der Waals surface area contributed by atoms with Crippen molar-refractivity contribution in [3.63, 3.8) is 0 Å². The van der Waals surface area contributed by atoms with E-state index in [9.17, 15) is 202 Å². The minimum Gasteiger partial charge on any atom is -0.427 e. The van der Waals surface area contributed by atoms with Gasteiger partial charge in [0.2, 0.25) is 5.85 Å². The lowest BCUT2D eigenvalue weighted by Crippen LogP contribution is -2.46. The molecule has 0 fully saturated rings. The predicted molar refractivity (Wildman–Crippen MR) is 237 cm³/mol. The highest BCUT2D eigenvalue weighted by atomic mass is 32.3. The normalized spacial score (nSPS) is 12.8. The SMILES string of the molecule is O=S(=O)(F)CC(C=C(F)F)CS(=O)(=O)F.O=S(=O)(F)CC(CS(=O)(=O)F)=C(F)F.O=S(=O)(F)CC(F)(CS(=O)(=O)F)OC(F)(F)C(F)=C(F)F.O=S(=O)(F)CC(F)(CS(=O)(=O)F)OC(F)=C(F)F.O=S(=O)(F)CCC=C(F)F.O=S(=O)(F)CCC=C(F)F. The summed E-state index contributed by atoms with van der Waals surface area (Å²) in [7, 11) is -53.8. The molecule has 0 bridgehead atoms. The number of allylic oxidation sites excluding steroid dienone is 3. The molecule has 0 atom stereocenters. The van der Waals surface area contributed by atoms with Crippen molar-refractivity contribution < 1.29 is 212 Å². The predicted octanol–water partition coefficient (Wildman–Crippen LogP) is 7.87. The molecule has 0 N–H and O–H groups in total. The summed E-state index contributed by atoms with van der Waals surface area (Å²) in [5.74, 6) is -33.9. The molecule has 88 heavy (non-hydrogen) atoms. The van der Waals surface area contributed by atoms with Gasteiger partial charge in [0.15, 0.2) is 11.5 Å². The minimum atomic E-state index is -6.06. The first-order valence-electron chi connectivity index (χ1n) is 18.9. The fourth-order valence-corrected chi connectivity index (χ4v) is 10.6. The lowest BCUT2D eigenvalue weighted by Gasteiger charge is -2.26. The average molecular weight is 1570 g/mol. The standard InChI is InChI=1S/C6H4F8O5S2.C5H4F6O5S2.C5H6F4O4S2.C4H4F4O4S2.2C4H5F3O2S/c7-3(4(8)9)6(11,12)19-5(10,1-20(13,15)16)2-21(14,17)18;6-3(7)4(8)16-5(9,1-17(10,12)13)2-18(11,14)15;6-5(7)1-4(2-14(8,10)11)3-15(9,12)13;5-4(6)3(1-13(7,9)10)2-14(8,11)12;2*5-4(6)2-1-3-10(7,8)9/h1-2H2;1-2H2;1,4H,2-3H2;1-2H2;2*2H,1,3H2. The third-order valence-corrected chi connectivity index (χ3v) is 13.8. The summed E-state index contributed by atoms with van der Waals surface area (Å²) >= 11 is 0. The Hall–Kier alpha value is -4.26. The van der Waals surface area contributed by atoms with Crippen LogP contribution in [0.15, 0.2) is 72.1 Å². The summed E-state index contributed by atoms with van der Waals surface area (Å²) in [6.07, 6.45) is -22.4. The Kier molecular flexibility index (Phi) is 40.9. The third-order valence-electron chi connectivity index (χ3n) is 6.17. The van der Waals surface area contributed by atoms with Crippen LogP contribution in [0.5, 0.6) is 0 Å². The first kappa shape index (κ1) is 94.9. The topological polar surface area (TPSA) is 360 Å². The number of rotatable bonds is 28. The fourth-order valence-electron chi connectivity index (χ4n) is 3.83. The fraction of sp³-hybridized carbons (Fsp3) is 0.571. The van der Waals surface area contributed by atoms with Gasteiger partial charge in [-0.05, 0) is 31.1 Å². The van der Waals surface area contributed by atoms with E-state index in [2.05, 4.69) is 9.47 Å². The van der Waals surface area contributed by atoms with E-state index in [1.54, 1.807) is 0 Å². The van der Waals surface area contributed by atoms with Crippen molar-refractivity contribution in [1.82, 2.24) is 0 Å². The van der Waals surface area contributed by atoms with Crippen LogP contribution in [0.4, 0.5) is 118 Å². The van der Waals surface area contributed by atoms with Crippen molar-refractivity contribution in [2.45, 2.75) is 30.7 Å². The highest BCUT2D eigenvalue weighted by Gasteiger charge is 2.53. The van der Waals surface area contributed by atoms with Crippen molar-refractivity contribution in [2.75, 3.05) is 57.5 Å². The summed E-state index contributed by atoms with van der Waals surface area (Å²) in [6.45, 7) is 0. The van der Waals surface area contributed by atoms with Crippen LogP contribution >= 0.6 is 0 Å². The van der Waals surface area contributed by atoms with Gasteiger partial charge in [0, 0.05) is 11.5 Å². The Balaban J connectivity index is -0.000000234. The molecule has 0 amide bonds. The van der Waals surface area contributed by atoms with Crippen molar-refractivity contribution in [2.24, 2.45) is 5.92 Å². The zero-order chi connectivity index (χ0) is 72.3. The molecule has 0 aromatic heterocycles. The van der Waals surface area contributed by atoms with Crippen LogP contribution in [-0.4, -0.2) is 160 Å². The van der Waals surface area contributed by atoms with E-state index in [0.29, 0.717) is 12.2 Å². The number of hydrogen-bond donors (Lipinski definition) is 0. The number of ether oxygens (including phenoxy) is 2. The molecule has 0 rings (SSSR count). The van der Waals surface area contributed by atoms with Crippen molar-refractivity contribution >= 4 is 102 Å². The quantitative estimate of drug-likeness (QED) is 0.0408. The first-order chi connectivity index (χ1) is 38.1. The maximum atomic E-state index is 13.5. The van der Waals surface area contributed by atoms with Gasteiger partial charge >= 0.3 is 127 Å². The van der Waals surface area contributed by atoms with Crippen LogP contribution in [0.2, 0.25) is 0 Å². The second kappa shape index (κ2) is 37.9. The highest BCUT2D eigenvalue weighted by Crippen LogP contribution is 2.37. The van der Waals surface area contributed by atoms with Gasteiger partial charge in [-0.15, -0.1) is 38.9 Å². The molecule has 0 aliphatic rings. The lowest BCUT2D eigenvalue weighted by molar-refractivity contribution is -0.305. The van der Waals surface area contributed by atoms with Crippen molar-refractivity contribution in [3.05, 3.63) is 72.1 Å². The molecule has 0 spiro atoms. The maximum absolute atomic E-state index is 13.5. The van der Waals surface area contributed by atoms with Crippen LogP contribution < -0.4 is 0 Å². The molecule has 0 radical (unpaired) electrons. The van der Waals surface area contributed by atoms with Gasteiger partial charge in [0.1, 0.15) is 23.0 Å². The third kappa shape index (κ3) is 70.8. The molecule has 0 aromatic rings. The summed E-state index contributed by atoms with van der Waals surface area (Å²) in [4.78, 5) is 0. The van der Waals surface area contributed by atoms with Gasteiger partial charge in [-0.3, -0.25) is 4.74 Å². The van der Waals surface area contributed by atoms with E-state index >= 15 is 0 Å². The van der Waals surface area contributed by atoms with E-state index in [-0.39, 0.29) is 6.08 Å². The molecular formula is C28H28F28O22S10. The van der Waals surface area contributed by atoms with E-state index in [1.165, 1.54) is 0 Å². The second-order valence-electron chi connectivity index (χ2n) is 14.2. The molecule has 0 aliphatic carbocycles. The molecule has 0 aromatic carbocycles. The smallest absolute Gasteiger partial charge is 0.417 e. The minimum absolute atomic E-state index is 0.117. The molecule has 60 heteroatoms. The van der Waals surface area contributed by atoms with Gasteiger partial charge in [-0.1, -0.05) is 0 Å². The van der Waals surface area contributed by atoms with Gasteiger partial charge in [-0.25, -0.2) is 4.39 Å². The monoisotopic (exact) mass is 1570 g/mol. The van der Waals surface area contributed by atoms with Gasteiger partial charge < -0.3 is 4.74 Å². The summed E-state index contributed by atoms with van der Waals surface area (Å²) in [5, 5.41) is 0. The Morgan fingerprint density at radius 1 is 0.352 bits per heavy atom. The summed E-state index contributed by atoms with van der Waals surface area (Å²) in [5.41, 5.74) is -1.62. The van der Waals surface area contributed by atoms with E-state index in [0.717, 1.165) is 0 Å². The molecular weight excluding hydrogens is 1540 g/mol. The number of alkyl halides is 4. The van der Waals surface area contributed by atoms with Gasteiger partial charge in [0.05, 0.1) is 23.0 Å². The van der Waals surface area contributed by atoms with Crippen LogP contribution in [0.1, 0.15) is 12.8 Å². The average Bonchev–Trinajstić information content (AvgIpc) is 3.14. The van der Waals surface area contributed by atoms with Gasteiger partial charge in [0.25, 0.3) is 36.0 Å². The van der Waals surface area contributed by atoms with Gasteiger partial charge in [-0.2, -0.15) is 159 Å². The van der Waals surface area contributed by atoms with Crippen LogP contribution in [0.25, 0.3) is 0 Å². The Labute approximate surface area is 478 Å². The second-order valence-corrected chi connectivity index (χ2v) is 28.2. The maximum Gasteiger partial charge on any atom is 0.417 e. The molecule has 0 saturated carbocycles. The molecule has 22 nitrogen and oxygen atoms in total. The number of halogens is 28. The molecule has 0 saturated heterocycles. The van der Waals surface area contributed by atoms with Crippen LogP contribution in [0.3, 0.4) is 0 Å². The van der Waals surface area contributed by atoms with E-state index < -0.39 is 250 Å². The zero-order valence-corrected chi connectivity index (χ0v) is 48.6.